The average molecular weight is 290 g/mol. The van der Waals surface area contributed by atoms with Gasteiger partial charge < -0.3 is 9.47 Å². The molecule has 0 saturated carbocycles. The number of aromatic nitrogens is 1. The molecule has 3 rings (SSSR count). The van der Waals surface area contributed by atoms with Crippen LogP contribution in [0.15, 0.2) is 18.3 Å². The number of likely N-dealkylation sites (tertiary alicyclic amines) is 1. The number of pyridine rings is 1. The van der Waals surface area contributed by atoms with Crippen LogP contribution < -0.4 is 0 Å². The SMILES string of the molecule is Cc1ncccc1CN1CCC(OC[C@H]2CCOC2)CC1. The Bertz CT molecular complexity index is 438. The van der Waals surface area contributed by atoms with Crippen LogP contribution in [0.4, 0.5) is 0 Å². The van der Waals surface area contributed by atoms with Gasteiger partial charge in [-0.2, -0.15) is 0 Å². The van der Waals surface area contributed by atoms with Crippen LogP contribution >= 0.6 is 0 Å². The van der Waals surface area contributed by atoms with Crippen molar-refractivity contribution in [3.63, 3.8) is 0 Å². The first-order chi connectivity index (χ1) is 10.3. The number of piperidine rings is 1. The molecule has 21 heavy (non-hydrogen) atoms. The quantitative estimate of drug-likeness (QED) is 0.834. The van der Waals surface area contributed by atoms with Crippen molar-refractivity contribution in [2.24, 2.45) is 5.92 Å². The molecule has 0 unspecified atom stereocenters. The molecule has 0 aromatic carbocycles. The molecule has 4 heteroatoms. The zero-order chi connectivity index (χ0) is 14.5. The third-order valence-corrected chi connectivity index (χ3v) is 4.64. The maximum Gasteiger partial charge on any atom is 0.0599 e. The van der Waals surface area contributed by atoms with Gasteiger partial charge in [0.2, 0.25) is 0 Å². The van der Waals surface area contributed by atoms with Crippen LogP contribution in [0.1, 0.15) is 30.5 Å². The molecule has 0 bridgehead atoms. The molecule has 4 nitrogen and oxygen atoms in total. The second kappa shape index (κ2) is 7.34. The molecule has 2 fully saturated rings. The third-order valence-electron chi connectivity index (χ3n) is 4.64. The van der Waals surface area contributed by atoms with Gasteiger partial charge in [-0.1, -0.05) is 6.07 Å². The minimum absolute atomic E-state index is 0.442. The molecule has 0 N–H and O–H groups in total. The number of hydrogen-bond acceptors (Lipinski definition) is 4. The monoisotopic (exact) mass is 290 g/mol. The van der Waals surface area contributed by atoms with Crippen LogP contribution in [0.2, 0.25) is 0 Å². The summed E-state index contributed by atoms with van der Waals surface area (Å²) in [6, 6.07) is 4.22. The fourth-order valence-electron chi connectivity index (χ4n) is 3.15. The lowest BCUT2D eigenvalue weighted by atomic mass is 10.1. The summed E-state index contributed by atoms with van der Waals surface area (Å²) in [5.74, 6) is 0.626. The second-order valence-corrected chi connectivity index (χ2v) is 6.29. The summed E-state index contributed by atoms with van der Waals surface area (Å²) in [6.45, 7) is 8.04. The highest BCUT2D eigenvalue weighted by atomic mass is 16.5. The largest absolute Gasteiger partial charge is 0.381 e. The van der Waals surface area contributed by atoms with E-state index in [-0.39, 0.29) is 0 Å². The van der Waals surface area contributed by atoms with E-state index in [0.29, 0.717) is 12.0 Å². The Morgan fingerprint density at radius 1 is 1.33 bits per heavy atom. The summed E-state index contributed by atoms with van der Waals surface area (Å²) in [4.78, 5) is 6.89. The smallest absolute Gasteiger partial charge is 0.0599 e. The Kier molecular flexibility index (Phi) is 5.22. The molecule has 116 valence electrons. The van der Waals surface area contributed by atoms with Crippen LogP contribution in [-0.4, -0.2) is 48.9 Å². The lowest BCUT2D eigenvalue weighted by Crippen LogP contribution is -2.37. The maximum atomic E-state index is 6.07. The molecule has 2 saturated heterocycles. The maximum absolute atomic E-state index is 6.07. The summed E-state index contributed by atoms with van der Waals surface area (Å²) < 4.78 is 11.5. The number of ether oxygens (including phenoxy) is 2. The molecule has 1 atom stereocenters. The highest BCUT2D eigenvalue weighted by molar-refractivity contribution is 5.18. The van der Waals surface area contributed by atoms with Gasteiger partial charge in [-0.25, -0.2) is 0 Å². The zero-order valence-corrected chi connectivity index (χ0v) is 13.0. The molecule has 3 heterocycles. The molecule has 0 amide bonds. The summed E-state index contributed by atoms with van der Waals surface area (Å²) in [5.41, 5.74) is 2.50. The molecule has 0 aliphatic carbocycles. The standard InChI is InChI=1S/C17H26N2O2/c1-14-16(3-2-7-18-14)11-19-8-4-17(5-9-19)21-13-15-6-10-20-12-15/h2-3,7,15,17H,4-6,8-13H2,1H3/t15-/m0/s1. The van der Waals surface area contributed by atoms with E-state index in [1.807, 2.05) is 12.3 Å². The number of rotatable bonds is 5. The minimum atomic E-state index is 0.442. The van der Waals surface area contributed by atoms with Gasteiger partial charge in [0.1, 0.15) is 0 Å². The molecular formula is C17H26N2O2. The second-order valence-electron chi connectivity index (χ2n) is 6.29. The molecule has 2 aliphatic heterocycles. The lowest BCUT2D eigenvalue weighted by Gasteiger charge is -2.32. The predicted octanol–water partition coefficient (Wildman–Crippen LogP) is 2.41. The number of nitrogens with zero attached hydrogens (tertiary/aromatic N) is 2. The first-order valence-electron chi connectivity index (χ1n) is 8.13. The molecule has 2 aliphatic rings. The van der Waals surface area contributed by atoms with E-state index in [1.165, 1.54) is 12.0 Å². The van der Waals surface area contributed by atoms with E-state index in [4.69, 9.17) is 9.47 Å². The van der Waals surface area contributed by atoms with E-state index >= 15 is 0 Å². The van der Waals surface area contributed by atoms with E-state index in [0.717, 1.165) is 58.0 Å². The van der Waals surface area contributed by atoms with Crippen molar-refractivity contribution in [2.75, 3.05) is 32.9 Å². The normalized spacial score (nSPS) is 24.5. The van der Waals surface area contributed by atoms with Gasteiger partial charge in [0, 0.05) is 44.0 Å². The first kappa shape index (κ1) is 14.9. The Morgan fingerprint density at radius 2 is 2.19 bits per heavy atom. The fourth-order valence-corrected chi connectivity index (χ4v) is 3.15. The van der Waals surface area contributed by atoms with Crippen molar-refractivity contribution in [1.29, 1.82) is 0 Å². The molecule has 0 spiro atoms. The van der Waals surface area contributed by atoms with Gasteiger partial charge in [-0.15, -0.1) is 0 Å². The lowest BCUT2D eigenvalue weighted by molar-refractivity contribution is -0.0117. The van der Waals surface area contributed by atoms with E-state index < -0.39 is 0 Å². The summed E-state index contributed by atoms with van der Waals surface area (Å²) in [6.07, 6.45) is 5.77. The molecule has 1 aromatic heterocycles. The van der Waals surface area contributed by atoms with Crippen molar-refractivity contribution in [3.8, 4) is 0 Å². The highest BCUT2D eigenvalue weighted by Gasteiger charge is 2.22. The van der Waals surface area contributed by atoms with E-state index in [9.17, 15) is 0 Å². The average Bonchev–Trinajstić information content (AvgIpc) is 3.02. The summed E-state index contributed by atoms with van der Waals surface area (Å²) >= 11 is 0. The van der Waals surface area contributed by atoms with Crippen molar-refractivity contribution >= 4 is 0 Å². The molecule has 1 aromatic rings. The van der Waals surface area contributed by atoms with Gasteiger partial charge in [0.15, 0.2) is 0 Å². The summed E-state index contributed by atoms with van der Waals surface area (Å²) in [7, 11) is 0. The van der Waals surface area contributed by atoms with Crippen LogP contribution in [-0.2, 0) is 16.0 Å². The minimum Gasteiger partial charge on any atom is -0.381 e. The van der Waals surface area contributed by atoms with Gasteiger partial charge in [-0.05, 0) is 37.8 Å². The third kappa shape index (κ3) is 4.25. The van der Waals surface area contributed by atoms with E-state index in [1.54, 1.807) is 0 Å². The van der Waals surface area contributed by atoms with Crippen LogP contribution in [0.5, 0.6) is 0 Å². The van der Waals surface area contributed by atoms with Crippen LogP contribution in [0.25, 0.3) is 0 Å². The Morgan fingerprint density at radius 3 is 2.90 bits per heavy atom. The number of hydrogen-bond donors (Lipinski definition) is 0. The van der Waals surface area contributed by atoms with Crippen molar-refractivity contribution in [3.05, 3.63) is 29.6 Å². The Hall–Kier alpha value is -0.970. The predicted molar refractivity (Wildman–Crippen MR) is 82.2 cm³/mol. The van der Waals surface area contributed by atoms with Crippen molar-refractivity contribution in [1.82, 2.24) is 9.88 Å². The fraction of sp³-hybridized carbons (Fsp3) is 0.706. The number of aryl methyl sites for hydroxylation is 1. The van der Waals surface area contributed by atoms with Crippen molar-refractivity contribution in [2.45, 2.75) is 38.8 Å². The Labute approximate surface area is 127 Å². The van der Waals surface area contributed by atoms with Gasteiger partial charge in [0.25, 0.3) is 0 Å². The van der Waals surface area contributed by atoms with Crippen LogP contribution in [0, 0.1) is 12.8 Å². The topological polar surface area (TPSA) is 34.6 Å². The van der Waals surface area contributed by atoms with Gasteiger partial charge in [-0.3, -0.25) is 9.88 Å². The Balaban J connectivity index is 1.39. The van der Waals surface area contributed by atoms with Crippen molar-refractivity contribution < 1.29 is 9.47 Å². The molecule has 0 radical (unpaired) electrons. The van der Waals surface area contributed by atoms with Gasteiger partial charge in [0.05, 0.1) is 19.3 Å². The summed E-state index contributed by atoms with van der Waals surface area (Å²) in [5, 5.41) is 0. The molecular weight excluding hydrogens is 264 g/mol. The first-order valence-corrected chi connectivity index (χ1v) is 8.13. The highest BCUT2D eigenvalue weighted by Crippen LogP contribution is 2.19. The zero-order valence-electron chi connectivity index (χ0n) is 13.0. The van der Waals surface area contributed by atoms with Crippen LogP contribution in [0.3, 0.4) is 0 Å². The van der Waals surface area contributed by atoms with E-state index in [2.05, 4.69) is 22.9 Å². The van der Waals surface area contributed by atoms with Gasteiger partial charge >= 0.3 is 0 Å².